The lowest BCUT2D eigenvalue weighted by atomic mass is 9.89. The van der Waals surface area contributed by atoms with Gasteiger partial charge >= 0.3 is 18.2 Å². The van der Waals surface area contributed by atoms with Gasteiger partial charge in [-0.05, 0) is 48.1 Å². The van der Waals surface area contributed by atoms with Crippen LogP contribution in [-0.2, 0) is 22.3 Å². The van der Waals surface area contributed by atoms with E-state index in [-0.39, 0.29) is 36.0 Å². The molecule has 14 heteroatoms. The molecule has 1 N–H and O–H groups in total. The molecule has 3 heterocycles. The van der Waals surface area contributed by atoms with Crippen molar-refractivity contribution in [2.45, 2.75) is 44.1 Å². The molecule has 0 radical (unpaired) electrons. The molecule has 2 aromatic heterocycles. The molecule has 5 rings (SSSR count). The number of halogens is 5. The molecule has 1 amide bonds. The predicted octanol–water partition coefficient (Wildman–Crippen LogP) is 6.97. The number of allylic oxidation sites excluding steroid dienone is 3. The highest BCUT2D eigenvalue weighted by atomic mass is 19.4. The van der Waals surface area contributed by atoms with Crippen LogP contribution in [-0.4, -0.2) is 56.1 Å². The van der Waals surface area contributed by atoms with Crippen LogP contribution in [0.25, 0.3) is 11.4 Å². The molecule has 2 aliphatic rings. The van der Waals surface area contributed by atoms with Crippen LogP contribution in [0.1, 0.15) is 58.1 Å². The Morgan fingerprint density at radius 2 is 1.82 bits per heavy atom. The van der Waals surface area contributed by atoms with Crippen LogP contribution in [0.2, 0.25) is 0 Å². The second-order valence-electron chi connectivity index (χ2n) is 10.4. The van der Waals surface area contributed by atoms with E-state index in [1.165, 1.54) is 18.2 Å². The van der Waals surface area contributed by atoms with Crippen LogP contribution in [0.5, 0.6) is 0 Å². The lowest BCUT2D eigenvalue weighted by Crippen LogP contribution is -2.37. The number of hydrogen-bond donors (Lipinski definition) is 1. The number of rotatable bonds is 8. The summed E-state index contributed by atoms with van der Waals surface area (Å²) < 4.78 is 81.8. The second kappa shape index (κ2) is 12.9. The molecule has 0 spiro atoms. The normalized spacial score (nSPS) is 17.6. The summed E-state index contributed by atoms with van der Waals surface area (Å²) in [6, 6.07) is 11.3. The van der Waals surface area contributed by atoms with E-state index in [0.29, 0.717) is 29.5 Å². The summed E-state index contributed by atoms with van der Waals surface area (Å²) in [6.07, 6.45) is -3.73. The van der Waals surface area contributed by atoms with E-state index in [0.717, 1.165) is 30.7 Å². The van der Waals surface area contributed by atoms with Crippen LogP contribution in [0.15, 0.2) is 79.2 Å². The topological polar surface area (TPSA) is 107 Å². The Kier molecular flexibility index (Phi) is 9.02. The molecule has 0 bridgehead atoms. The number of carboxylic acid groups (broad SMARTS) is 1. The van der Waals surface area contributed by atoms with Gasteiger partial charge in [0.15, 0.2) is 23.1 Å². The van der Waals surface area contributed by atoms with Crippen LogP contribution in [0.4, 0.5) is 26.7 Å². The molecular weight excluding hydrogens is 603 g/mol. The van der Waals surface area contributed by atoms with Crippen molar-refractivity contribution in [2.24, 2.45) is 0 Å². The largest absolute Gasteiger partial charge is 0.485 e. The fraction of sp³-hybridized carbons (Fsp3) is 0.290. The number of carboxylic acids is 1. The Hall–Kier alpha value is -5.01. The zero-order valence-corrected chi connectivity index (χ0v) is 23.6. The number of carbonyl (C=O) groups is 2. The minimum absolute atomic E-state index is 0.0121. The van der Waals surface area contributed by atoms with Gasteiger partial charge < -0.3 is 19.5 Å². The van der Waals surface area contributed by atoms with E-state index < -0.39 is 47.3 Å². The van der Waals surface area contributed by atoms with Gasteiger partial charge in [0, 0.05) is 25.1 Å². The lowest BCUT2D eigenvalue weighted by Gasteiger charge is -2.31. The van der Waals surface area contributed by atoms with Gasteiger partial charge in [0.1, 0.15) is 18.3 Å². The molecular formula is C31H27F5N4O5. The van der Waals surface area contributed by atoms with E-state index in [2.05, 4.69) is 16.7 Å². The molecule has 1 saturated heterocycles. The molecule has 1 atom stereocenters. The second-order valence-corrected chi connectivity index (χ2v) is 10.4. The third kappa shape index (κ3) is 6.89. The zero-order valence-electron chi connectivity index (χ0n) is 23.6. The van der Waals surface area contributed by atoms with Gasteiger partial charge in [0.2, 0.25) is 0 Å². The van der Waals surface area contributed by atoms with Crippen molar-refractivity contribution in [3.63, 3.8) is 0 Å². The first kappa shape index (κ1) is 31.4. The molecule has 9 nitrogen and oxygen atoms in total. The van der Waals surface area contributed by atoms with Crippen molar-refractivity contribution in [1.29, 1.82) is 0 Å². The number of pyridine rings is 1. The molecule has 236 valence electrons. The number of ether oxygens (including phenoxy) is 2. The zero-order chi connectivity index (χ0) is 32.3. The summed E-state index contributed by atoms with van der Waals surface area (Å²) in [5.74, 6) is -3.30. The molecule has 45 heavy (non-hydrogen) atoms. The number of nitrogens with zero attached hydrogens (tertiary/aromatic N) is 4. The number of carbonyl (C=O) groups excluding carboxylic acids is 1. The number of likely N-dealkylation sites (tertiary alicyclic amines) is 1. The molecule has 1 aromatic carbocycles. The summed E-state index contributed by atoms with van der Waals surface area (Å²) in [7, 11) is 0. The van der Waals surface area contributed by atoms with Crippen molar-refractivity contribution in [1.82, 2.24) is 19.7 Å². The highest BCUT2D eigenvalue weighted by Crippen LogP contribution is 2.37. The molecule has 1 aliphatic heterocycles. The first-order valence-electron chi connectivity index (χ1n) is 13.9. The fourth-order valence-corrected chi connectivity index (χ4v) is 5.35. The minimum Gasteiger partial charge on any atom is -0.485 e. The van der Waals surface area contributed by atoms with E-state index in [1.54, 1.807) is 4.90 Å². The quantitative estimate of drug-likeness (QED) is 0.212. The predicted molar refractivity (Wildman–Crippen MR) is 150 cm³/mol. The number of piperidine rings is 1. The van der Waals surface area contributed by atoms with E-state index >= 15 is 4.39 Å². The summed E-state index contributed by atoms with van der Waals surface area (Å²) in [4.78, 5) is 29.0. The van der Waals surface area contributed by atoms with Crippen molar-refractivity contribution in [2.75, 3.05) is 13.1 Å². The molecule has 1 aliphatic carbocycles. The summed E-state index contributed by atoms with van der Waals surface area (Å²) >= 11 is 0. The lowest BCUT2D eigenvalue weighted by molar-refractivity contribution is -0.143. The van der Waals surface area contributed by atoms with E-state index in [4.69, 9.17) is 9.47 Å². The Labute approximate surface area is 253 Å². The first-order valence-corrected chi connectivity index (χ1v) is 13.9. The summed E-state index contributed by atoms with van der Waals surface area (Å²) in [5, 5.41) is 12.8. The monoisotopic (exact) mass is 630 g/mol. The van der Waals surface area contributed by atoms with Crippen molar-refractivity contribution < 1.29 is 46.1 Å². The van der Waals surface area contributed by atoms with Gasteiger partial charge in [-0.3, -0.25) is 0 Å². The van der Waals surface area contributed by atoms with Gasteiger partial charge in [0.05, 0.1) is 18.2 Å². The van der Waals surface area contributed by atoms with Crippen molar-refractivity contribution in [3.05, 3.63) is 107 Å². The van der Waals surface area contributed by atoms with Crippen molar-refractivity contribution in [3.8, 4) is 5.82 Å². The Bertz CT molecular complexity index is 1660. The molecule has 1 unspecified atom stereocenters. The Balaban J connectivity index is 1.35. The number of alkyl halides is 4. The van der Waals surface area contributed by atoms with Gasteiger partial charge in [-0.15, -0.1) is 0 Å². The highest BCUT2D eigenvalue weighted by Gasteiger charge is 2.41. The number of hydrogen-bond acceptors (Lipinski definition) is 6. The standard InChI is InChI=1S/C31H27F5N4O5/c1-2-44-30(43)39-12-10-20(11-13-39)19-8-6-18(7-9-19)17-45-27-22(14-21(32)15-24(27)33)25-4-3-5-26(38-25)40-28(31(34,35)36)23(16-37-40)29(41)42/h2-9,15-16,20-21H,1,10-14,17H2,(H,41,42). The molecule has 3 aromatic rings. The average Bonchev–Trinajstić information content (AvgIpc) is 3.48. The number of aromatic nitrogens is 3. The molecule has 0 saturated carbocycles. The maximum Gasteiger partial charge on any atom is 0.434 e. The number of amides is 1. The van der Waals surface area contributed by atoms with Crippen LogP contribution < -0.4 is 0 Å². The van der Waals surface area contributed by atoms with Gasteiger partial charge in [-0.1, -0.05) is 36.9 Å². The number of aromatic carboxylic acids is 1. The summed E-state index contributed by atoms with van der Waals surface area (Å²) in [5.41, 5.74) is -0.953. The third-order valence-electron chi connectivity index (χ3n) is 7.52. The SMILES string of the molecule is C=COC(=O)N1CCC(c2ccc(COC3=C(c4cccc(-n5ncc(C(=O)O)c5C(F)(F)F)n4)CC(F)C=C3F)cc2)CC1. The first-order chi connectivity index (χ1) is 21.5. The van der Waals surface area contributed by atoms with E-state index in [1.807, 2.05) is 24.3 Å². The van der Waals surface area contributed by atoms with E-state index in [9.17, 15) is 32.3 Å². The van der Waals surface area contributed by atoms with Gasteiger partial charge in [-0.25, -0.2) is 28.0 Å². The minimum atomic E-state index is -5.08. The molecule has 1 fully saturated rings. The number of benzene rings is 1. The van der Waals surface area contributed by atoms with Crippen LogP contribution >= 0.6 is 0 Å². The van der Waals surface area contributed by atoms with Gasteiger partial charge in [-0.2, -0.15) is 18.3 Å². The average molecular weight is 631 g/mol. The van der Waals surface area contributed by atoms with Gasteiger partial charge in [0.25, 0.3) is 0 Å². The third-order valence-corrected chi connectivity index (χ3v) is 7.52. The van der Waals surface area contributed by atoms with Crippen molar-refractivity contribution >= 4 is 17.6 Å². The van der Waals surface area contributed by atoms with Crippen LogP contribution in [0.3, 0.4) is 0 Å². The summed E-state index contributed by atoms with van der Waals surface area (Å²) in [6.45, 7) is 4.37. The maximum absolute atomic E-state index is 15.1. The Morgan fingerprint density at radius 3 is 2.47 bits per heavy atom. The smallest absolute Gasteiger partial charge is 0.434 e. The Morgan fingerprint density at radius 1 is 1.11 bits per heavy atom. The maximum atomic E-state index is 15.1. The highest BCUT2D eigenvalue weighted by molar-refractivity contribution is 5.89. The fourth-order valence-electron chi connectivity index (χ4n) is 5.35. The van der Waals surface area contributed by atoms with Crippen LogP contribution in [0, 0.1) is 0 Å².